The van der Waals surface area contributed by atoms with Gasteiger partial charge >= 0.3 is 23.9 Å². The Hall–Kier alpha value is -3.73. The predicted molar refractivity (Wildman–Crippen MR) is 114 cm³/mol. The highest BCUT2D eigenvalue weighted by atomic mass is 16.7. The second-order valence-corrected chi connectivity index (χ2v) is 7.52. The van der Waals surface area contributed by atoms with Gasteiger partial charge in [-0.05, 0) is 12.1 Å². The van der Waals surface area contributed by atoms with E-state index < -0.39 is 54.6 Å². The minimum Gasteiger partial charge on any atom is -0.463 e. The number of rotatable bonds is 7. The molecule has 0 N–H and O–H groups in total. The Morgan fingerprint density at radius 1 is 0.824 bits per heavy atom. The lowest BCUT2D eigenvalue weighted by Gasteiger charge is -2.43. The van der Waals surface area contributed by atoms with Crippen LogP contribution in [0.3, 0.4) is 0 Å². The van der Waals surface area contributed by atoms with E-state index >= 15 is 0 Å². The summed E-state index contributed by atoms with van der Waals surface area (Å²) in [6, 6.07) is 8.82. The van der Waals surface area contributed by atoms with E-state index in [1.165, 1.54) is 6.92 Å². The Morgan fingerprint density at radius 3 is 2.09 bits per heavy atom. The molecule has 0 radical (unpaired) electrons. The third-order valence-electron chi connectivity index (χ3n) is 4.79. The Morgan fingerprint density at radius 2 is 1.44 bits per heavy atom. The van der Waals surface area contributed by atoms with Gasteiger partial charge < -0.3 is 28.4 Å². The maximum atomic E-state index is 11.9. The Kier molecular flexibility index (Phi) is 8.00. The molecule has 34 heavy (non-hydrogen) atoms. The standard InChI is InChI=1S/C23H25NO10/c1-12(25)29-11-18-20(30-13(2)26)21(31-14(3)27)22(32-15(4)28)23(34-18)33-17-9-5-7-16-8-6-10-24-19(16)17/h5-10,18,20-23H,11H2,1-4H3/t18-,20-,21+,22-,23+/m1/s1. The van der Waals surface area contributed by atoms with Gasteiger partial charge in [0.1, 0.15) is 24.0 Å². The number of hydrogen-bond acceptors (Lipinski definition) is 11. The van der Waals surface area contributed by atoms with E-state index in [0.29, 0.717) is 11.3 Å². The van der Waals surface area contributed by atoms with Crippen molar-refractivity contribution in [2.45, 2.75) is 58.4 Å². The SMILES string of the molecule is CC(=O)OC[C@H]1O[C@H](Oc2cccc3cccnc23)[C@H](OC(C)=O)[C@@H](OC(C)=O)[C@@H]1OC(C)=O. The molecule has 0 bridgehead atoms. The van der Waals surface area contributed by atoms with E-state index in [0.717, 1.165) is 26.2 Å². The van der Waals surface area contributed by atoms with Crippen molar-refractivity contribution in [3.63, 3.8) is 0 Å². The molecular formula is C23H25NO10. The fourth-order valence-electron chi connectivity index (χ4n) is 3.58. The summed E-state index contributed by atoms with van der Waals surface area (Å²) in [6.45, 7) is 4.32. The summed E-state index contributed by atoms with van der Waals surface area (Å²) in [7, 11) is 0. The van der Waals surface area contributed by atoms with Crippen LogP contribution in [0.1, 0.15) is 27.7 Å². The summed E-state index contributed by atoms with van der Waals surface area (Å²) >= 11 is 0. The van der Waals surface area contributed by atoms with E-state index in [4.69, 9.17) is 28.4 Å². The van der Waals surface area contributed by atoms with Crippen molar-refractivity contribution < 1.29 is 47.6 Å². The first kappa shape index (κ1) is 24.9. The second-order valence-electron chi connectivity index (χ2n) is 7.52. The van der Waals surface area contributed by atoms with Crippen LogP contribution in [0.15, 0.2) is 36.5 Å². The number of nitrogens with zero attached hydrogens (tertiary/aromatic N) is 1. The van der Waals surface area contributed by atoms with Crippen LogP contribution in [-0.2, 0) is 42.9 Å². The highest BCUT2D eigenvalue weighted by Crippen LogP contribution is 2.32. The third kappa shape index (κ3) is 6.19. The first-order valence-electron chi connectivity index (χ1n) is 10.5. The normalized spacial score (nSPS) is 24.1. The van der Waals surface area contributed by atoms with Crippen molar-refractivity contribution in [3.05, 3.63) is 36.5 Å². The molecule has 0 amide bonds. The molecular weight excluding hydrogens is 450 g/mol. The number of esters is 4. The molecule has 1 fully saturated rings. The van der Waals surface area contributed by atoms with E-state index in [1.807, 2.05) is 12.1 Å². The Bertz CT molecular complexity index is 1070. The summed E-state index contributed by atoms with van der Waals surface area (Å²) < 4.78 is 33.2. The molecule has 11 nitrogen and oxygen atoms in total. The fourth-order valence-corrected chi connectivity index (χ4v) is 3.58. The Balaban J connectivity index is 2.03. The van der Waals surface area contributed by atoms with Gasteiger partial charge in [-0.25, -0.2) is 0 Å². The lowest BCUT2D eigenvalue weighted by molar-refractivity contribution is -0.288. The molecule has 1 aliphatic heterocycles. The summed E-state index contributed by atoms with van der Waals surface area (Å²) in [5.74, 6) is -2.45. The summed E-state index contributed by atoms with van der Waals surface area (Å²) in [6.07, 6.45) is -4.73. The van der Waals surface area contributed by atoms with Gasteiger partial charge in [0.05, 0.1) is 0 Å². The van der Waals surface area contributed by atoms with E-state index in [9.17, 15) is 19.2 Å². The van der Waals surface area contributed by atoms with Crippen molar-refractivity contribution in [2.24, 2.45) is 0 Å². The van der Waals surface area contributed by atoms with Gasteiger partial charge in [0.25, 0.3) is 0 Å². The van der Waals surface area contributed by atoms with Gasteiger partial charge in [-0.15, -0.1) is 0 Å². The average molecular weight is 475 g/mol. The Labute approximate surface area is 195 Å². The lowest BCUT2D eigenvalue weighted by Crippen LogP contribution is -2.63. The van der Waals surface area contributed by atoms with Crippen LogP contribution < -0.4 is 4.74 Å². The third-order valence-corrected chi connectivity index (χ3v) is 4.79. The zero-order valence-electron chi connectivity index (χ0n) is 19.1. The predicted octanol–water partition coefficient (Wildman–Crippen LogP) is 1.70. The molecule has 1 saturated heterocycles. The van der Waals surface area contributed by atoms with Crippen LogP contribution in [0.4, 0.5) is 0 Å². The maximum Gasteiger partial charge on any atom is 0.303 e. The maximum absolute atomic E-state index is 11.9. The quantitative estimate of drug-likeness (QED) is 0.427. The second kappa shape index (κ2) is 10.9. The van der Waals surface area contributed by atoms with E-state index in [2.05, 4.69) is 4.98 Å². The van der Waals surface area contributed by atoms with Crippen LogP contribution >= 0.6 is 0 Å². The molecule has 182 valence electrons. The molecule has 5 atom stereocenters. The number of pyridine rings is 1. The number of benzene rings is 1. The van der Waals surface area contributed by atoms with Crippen LogP contribution in [0.5, 0.6) is 5.75 Å². The molecule has 1 aromatic heterocycles. The number of carbonyl (C=O) groups is 4. The smallest absolute Gasteiger partial charge is 0.303 e. The largest absolute Gasteiger partial charge is 0.463 e. The van der Waals surface area contributed by atoms with Crippen molar-refractivity contribution in [2.75, 3.05) is 6.61 Å². The molecule has 2 aromatic rings. The molecule has 0 aliphatic carbocycles. The van der Waals surface area contributed by atoms with Crippen molar-refractivity contribution in [3.8, 4) is 5.75 Å². The number of hydrogen-bond donors (Lipinski definition) is 0. The molecule has 0 spiro atoms. The number of fused-ring (bicyclic) bond motifs is 1. The van der Waals surface area contributed by atoms with E-state index in [-0.39, 0.29) is 6.61 Å². The zero-order chi connectivity index (χ0) is 24.8. The van der Waals surface area contributed by atoms with Gasteiger partial charge in [0.15, 0.2) is 12.2 Å². The summed E-state index contributed by atoms with van der Waals surface area (Å²) in [5.41, 5.74) is 0.512. The topological polar surface area (TPSA) is 137 Å². The first-order chi connectivity index (χ1) is 16.2. The van der Waals surface area contributed by atoms with Crippen molar-refractivity contribution in [1.29, 1.82) is 0 Å². The van der Waals surface area contributed by atoms with Crippen LogP contribution in [0.2, 0.25) is 0 Å². The van der Waals surface area contributed by atoms with Crippen LogP contribution in [0.25, 0.3) is 10.9 Å². The monoisotopic (exact) mass is 475 g/mol. The molecule has 1 aliphatic rings. The molecule has 1 aromatic carbocycles. The van der Waals surface area contributed by atoms with Gasteiger partial charge in [0.2, 0.25) is 12.4 Å². The summed E-state index contributed by atoms with van der Waals surface area (Å²) in [4.78, 5) is 51.4. The highest BCUT2D eigenvalue weighted by molar-refractivity contribution is 5.84. The van der Waals surface area contributed by atoms with Gasteiger partial charge in [-0.1, -0.05) is 18.2 Å². The minimum absolute atomic E-state index is 0.305. The van der Waals surface area contributed by atoms with Crippen molar-refractivity contribution >= 4 is 34.8 Å². The highest BCUT2D eigenvalue weighted by Gasteiger charge is 2.53. The average Bonchev–Trinajstić information content (AvgIpc) is 2.75. The number of ether oxygens (including phenoxy) is 6. The molecule has 0 unspecified atom stereocenters. The molecule has 2 heterocycles. The number of aromatic nitrogens is 1. The number of carbonyl (C=O) groups excluding carboxylic acids is 4. The first-order valence-corrected chi connectivity index (χ1v) is 10.5. The van der Waals surface area contributed by atoms with E-state index in [1.54, 1.807) is 24.4 Å². The van der Waals surface area contributed by atoms with Crippen LogP contribution in [-0.4, -0.2) is 66.2 Å². The van der Waals surface area contributed by atoms with Gasteiger partial charge in [-0.2, -0.15) is 0 Å². The zero-order valence-corrected chi connectivity index (χ0v) is 19.1. The van der Waals surface area contributed by atoms with Gasteiger partial charge in [-0.3, -0.25) is 24.2 Å². The van der Waals surface area contributed by atoms with Gasteiger partial charge in [0, 0.05) is 39.3 Å². The number of para-hydroxylation sites is 1. The molecule has 11 heteroatoms. The molecule has 0 saturated carbocycles. The van der Waals surface area contributed by atoms with Crippen molar-refractivity contribution in [1.82, 2.24) is 4.98 Å². The molecule has 3 rings (SSSR count). The summed E-state index contributed by atoms with van der Waals surface area (Å²) in [5, 5.41) is 0.783. The minimum atomic E-state index is -1.33. The van der Waals surface area contributed by atoms with Crippen LogP contribution in [0, 0.1) is 0 Å². The fraction of sp³-hybridized carbons (Fsp3) is 0.435. The lowest BCUT2D eigenvalue weighted by atomic mass is 9.98.